The molecule has 0 saturated carbocycles. The Morgan fingerprint density at radius 2 is 2.05 bits per heavy atom. The highest BCUT2D eigenvalue weighted by atomic mass is 32.1. The molecule has 1 rings (SSSR count). The zero-order chi connectivity index (χ0) is 15.1. The second-order valence-corrected chi connectivity index (χ2v) is 4.85. The molecule has 0 radical (unpaired) electrons. The third kappa shape index (κ3) is 4.57. The van der Waals surface area contributed by atoms with Crippen molar-refractivity contribution in [2.45, 2.75) is 38.6 Å². The van der Waals surface area contributed by atoms with Crippen LogP contribution in [-0.4, -0.2) is 43.7 Å². The van der Waals surface area contributed by atoms with Crippen LogP contribution in [0, 0.1) is 0 Å². The number of rotatable bonds is 8. The summed E-state index contributed by atoms with van der Waals surface area (Å²) in [4.78, 5) is 33.7. The molecule has 20 heavy (non-hydrogen) atoms. The van der Waals surface area contributed by atoms with Gasteiger partial charge in [-0.3, -0.25) is 9.59 Å². The van der Waals surface area contributed by atoms with Crippen LogP contribution in [0.15, 0.2) is 0 Å². The fraction of sp³-hybridized carbons (Fsp3) is 0.545. The second-order valence-electron chi connectivity index (χ2n) is 4.10. The van der Waals surface area contributed by atoms with Crippen molar-refractivity contribution in [3.63, 3.8) is 0 Å². The normalized spacial score (nSPS) is 11.8. The van der Waals surface area contributed by atoms with Crippen molar-refractivity contribution in [2.24, 2.45) is 0 Å². The number of hydrogen-bond acceptors (Lipinski definition) is 6. The molecule has 0 aliphatic carbocycles. The van der Waals surface area contributed by atoms with E-state index in [4.69, 9.17) is 10.2 Å². The van der Waals surface area contributed by atoms with Crippen LogP contribution in [0.1, 0.15) is 41.6 Å². The minimum Gasteiger partial charge on any atom is -0.481 e. The molecule has 0 aliphatic heterocycles. The van der Waals surface area contributed by atoms with Crippen LogP contribution < -0.4 is 5.32 Å². The monoisotopic (exact) mass is 301 g/mol. The minimum absolute atomic E-state index is 0.175. The summed E-state index contributed by atoms with van der Waals surface area (Å²) in [5.74, 6) is -2.97. The largest absolute Gasteiger partial charge is 0.481 e. The first-order valence-corrected chi connectivity index (χ1v) is 6.79. The maximum atomic E-state index is 12.0. The number of aromatic nitrogens is 2. The quantitative estimate of drug-likeness (QED) is 0.638. The van der Waals surface area contributed by atoms with Crippen molar-refractivity contribution in [2.75, 3.05) is 0 Å². The molecule has 9 heteroatoms. The number of carboxylic acids is 2. The minimum atomic E-state index is -1.27. The molecule has 0 aromatic carbocycles. The molecule has 0 fully saturated rings. The summed E-state index contributed by atoms with van der Waals surface area (Å²) in [5.41, 5.74) is 0.525. The van der Waals surface area contributed by atoms with E-state index in [1.54, 1.807) is 0 Å². The highest BCUT2D eigenvalue weighted by molar-refractivity contribution is 7.08. The number of carboxylic acid groups (broad SMARTS) is 2. The zero-order valence-corrected chi connectivity index (χ0v) is 11.6. The van der Waals surface area contributed by atoms with Gasteiger partial charge in [0.15, 0.2) is 0 Å². The van der Waals surface area contributed by atoms with E-state index in [0.717, 1.165) is 18.0 Å². The molecule has 0 unspecified atom stereocenters. The van der Waals surface area contributed by atoms with Gasteiger partial charge in [0.05, 0.1) is 5.69 Å². The second kappa shape index (κ2) is 7.53. The van der Waals surface area contributed by atoms with Crippen molar-refractivity contribution in [1.82, 2.24) is 14.9 Å². The zero-order valence-electron chi connectivity index (χ0n) is 10.8. The number of amides is 1. The molecule has 0 spiro atoms. The molecule has 110 valence electrons. The van der Waals surface area contributed by atoms with Crippen LogP contribution in [0.4, 0.5) is 0 Å². The molecule has 1 amide bonds. The fourth-order valence-corrected chi connectivity index (χ4v) is 2.14. The lowest BCUT2D eigenvalue weighted by atomic mass is 10.1. The van der Waals surface area contributed by atoms with Gasteiger partial charge in [0, 0.05) is 6.42 Å². The lowest BCUT2D eigenvalue weighted by Gasteiger charge is -2.12. The third-order valence-electron chi connectivity index (χ3n) is 2.50. The summed E-state index contributed by atoms with van der Waals surface area (Å²) in [6.07, 6.45) is 0.852. The number of aryl methyl sites for hydroxylation is 1. The first kappa shape index (κ1) is 16.0. The Hall–Kier alpha value is -2.03. The van der Waals surface area contributed by atoms with E-state index in [0.29, 0.717) is 12.1 Å². The molecular formula is C11H15N3O5S. The number of carbonyl (C=O) groups is 3. The summed E-state index contributed by atoms with van der Waals surface area (Å²) in [7, 11) is 0. The van der Waals surface area contributed by atoms with Gasteiger partial charge in [-0.1, -0.05) is 17.8 Å². The van der Waals surface area contributed by atoms with Crippen LogP contribution in [0.3, 0.4) is 0 Å². The summed E-state index contributed by atoms with van der Waals surface area (Å²) < 4.78 is 3.68. The van der Waals surface area contributed by atoms with E-state index in [-0.39, 0.29) is 17.7 Å². The summed E-state index contributed by atoms with van der Waals surface area (Å²) in [6.45, 7) is 1.92. The van der Waals surface area contributed by atoms with E-state index in [1.807, 2.05) is 6.92 Å². The number of nitrogens with one attached hydrogen (secondary N) is 1. The Morgan fingerprint density at radius 3 is 2.60 bits per heavy atom. The third-order valence-corrected chi connectivity index (χ3v) is 3.27. The maximum absolute atomic E-state index is 12.0. The van der Waals surface area contributed by atoms with Crippen molar-refractivity contribution in [3.8, 4) is 0 Å². The van der Waals surface area contributed by atoms with Crippen LogP contribution in [0.5, 0.6) is 0 Å². The Labute approximate surface area is 119 Å². The highest BCUT2D eigenvalue weighted by Crippen LogP contribution is 2.13. The van der Waals surface area contributed by atoms with Gasteiger partial charge in [0.25, 0.3) is 5.91 Å². The Morgan fingerprint density at radius 1 is 1.35 bits per heavy atom. The summed E-state index contributed by atoms with van der Waals surface area (Å²) in [5, 5.41) is 23.6. The average molecular weight is 301 g/mol. The first-order valence-electron chi connectivity index (χ1n) is 6.02. The van der Waals surface area contributed by atoms with Gasteiger partial charge < -0.3 is 15.5 Å². The molecule has 0 saturated heterocycles. The highest BCUT2D eigenvalue weighted by Gasteiger charge is 2.24. The van der Waals surface area contributed by atoms with Crippen LogP contribution in [-0.2, 0) is 16.0 Å². The predicted octanol–water partition coefficient (Wildman–Crippen LogP) is 0.538. The maximum Gasteiger partial charge on any atom is 0.326 e. The van der Waals surface area contributed by atoms with Gasteiger partial charge in [0.1, 0.15) is 10.9 Å². The molecule has 1 atom stereocenters. The molecule has 3 N–H and O–H groups in total. The Kier molecular flexibility index (Phi) is 6.04. The SMILES string of the molecule is CCCc1nnsc1C(=O)N[C@@H](CCC(=O)O)C(=O)O. The number of nitrogens with zero attached hydrogens (tertiary/aromatic N) is 2. The van der Waals surface area contributed by atoms with Gasteiger partial charge in [-0.25, -0.2) is 4.79 Å². The van der Waals surface area contributed by atoms with Crippen LogP contribution >= 0.6 is 11.5 Å². The molecule has 1 aromatic rings. The number of aliphatic carboxylic acids is 2. The Bertz CT molecular complexity index is 502. The van der Waals surface area contributed by atoms with E-state index in [1.165, 1.54) is 0 Å². The van der Waals surface area contributed by atoms with Gasteiger partial charge in [0.2, 0.25) is 0 Å². The van der Waals surface area contributed by atoms with Crippen LogP contribution in [0.25, 0.3) is 0 Å². The van der Waals surface area contributed by atoms with Gasteiger partial charge in [-0.2, -0.15) is 0 Å². The van der Waals surface area contributed by atoms with Crippen molar-refractivity contribution in [1.29, 1.82) is 0 Å². The molecule has 1 heterocycles. The average Bonchev–Trinajstić information content (AvgIpc) is 2.82. The van der Waals surface area contributed by atoms with Crippen molar-refractivity contribution >= 4 is 29.4 Å². The number of hydrogen-bond donors (Lipinski definition) is 3. The van der Waals surface area contributed by atoms with Crippen molar-refractivity contribution in [3.05, 3.63) is 10.6 Å². The first-order chi connectivity index (χ1) is 9.45. The predicted molar refractivity (Wildman–Crippen MR) is 69.7 cm³/mol. The topological polar surface area (TPSA) is 129 Å². The van der Waals surface area contributed by atoms with Crippen molar-refractivity contribution < 1.29 is 24.6 Å². The summed E-state index contributed by atoms with van der Waals surface area (Å²) >= 11 is 0.893. The van der Waals surface area contributed by atoms with E-state index >= 15 is 0 Å². The molecule has 1 aromatic heterocycles. The lowest BCUT2D eigenvalue weighted by Crippen LogP contribution is -2.41. The van der Waals surface area contributed by atoms with Crippen LogP contribution in [0.2, 0.25) is 0 Å². The van der Waals surface area contributed by atoms with Gasteiger partial charge in [-0.15, -0.1) is 5.10 Å². The number of carbonyl (C=O) groups excluding carboxylic acids is 1. The van der Waals surface area contributed by atoms with E-state index < -0.39 is 23.9 Å². The summed E-state index contributed by atoms with van der Waals surface area (Å²) in [6, 6.07) is -1.24. The lowest BCUT2D eigenvalue weighted by molar-refractivity contribution is -0.140. The van der Waals surface area contributed by atoms with Gasteiger partial charge >= 0.3 is 11.9 Å². The molecular weight excluding hydrogens is 286 g/mol. The van der Waals surface area contributed by atoms with E-state index in [9.17, 15) is 14.4 Å². The fourth-order valence-electron chi connectivity index (χ4n) is 1.53. The Balaban J connectivity index is 2.72. The standard InChI is InChI=1S/C11H15N3O5S/c1-2-3-6-9(20-14-13-6)10(17)12-7(11(18)19)4-5-8(15)16/h7H,2-5H2,1H3,(H,12,17)(H,15,16)(H,18,19)/t7-/m0/s1. The molecule has 0 aliphatic rings. The van der Waals surface area contributed by atoms with E-state index in [2.05, 4.69) is 14.9 Å². The molecule has 8 nitrogen and oxygen atoms in total. The van der Waals surface area contributed by atoms with Gasteiger partial charge in [-0.05, 0) is 24.4 Å². The molecule has 0 bridgehead atoms. The smallest absolute Gasteiger partial charge is 0.326 e.